The standard InChI is InChI=1S/C21H29N3O3S.C2H6/c1-17-5-3-10-24(16-17)21(26)19-7-2-6-18(15-19)20(25)22-8-4-9-23-11-13-28(27)14-12-23;1-2/h2-3,5-7,15,17H,4,8-14,16H2,1H3,(H,22,25);1-2H3. The van der Waals surface area contributed by atoms with Crippen LogP contribution in [0.25, 0.3) is 0 Å². The van der Waals surface area contributed by atoms with E-state index in [2.05, 4.69) is 23.2 Å². The van der Waals surface area contributed by atoms with Gasteiger partial charge in [0.15, 0.2) is 0 Å². The highest BCUT2D eigenvalue weighted by molar-refractivity contribution is 7.85. The van der Waals surface area contributed by atoms with Gasteiger partial charge in [-0.05, 0) is 37.1 Å². The summed E-state index contributed by atoms with van der Waals surface area (Å²) in [5.74, 6) is 1.66. The summed E-state index contributed by atoms with van der Waals surface area (Å²) in [5, 5.41) is 2.94. The van der Waals surface area contributed by atoms with Gasteiger partial charge in [0.1, 0.15) is 0 Å². The van der Waals surface area contributed by atoms with Gasteiger partial charge >= 0.3 is 0 Å². The monoisotopic (exact) mass is 433 g/mol. The molecule has 166 valence electrons. The maximum absolute atomic E-state index is 12.7. The summed E-state index contributed by atoms with van der Waals surface area (Å²) in [4.78, 5) is 29.3. The molecule has 0 radical (unpaired) electrons. The van der Waals surface area contributed by atoms with Crippen molar-refractivity contribution >= 4 is 22.6 Å². The van der Waals surface area contributed by atoms with Gasteiger partial charge < -0.3 is 15.1 Å². The largest absolute Gasteiger partial charge is 0.352 e. The molecule has 2 aliphatic heterocycles. The zero-order valence-electron chi connectivity index (χ0n) is 18.4. The molecule has 2 amide bonds. The van der Waals surface area contributed by atoms with Crippen molar-refractivity contribution < 1.29 is 13.8 Å². The molecule has 1 fully saturated rings. The minimum absolute atomic E-state index is 0.0339. The van der Waals surface area contributed by atoms with Crippen LogP contribution in [0.15, 0.2) is 36.4 Å². The Morgan fingerprint density at radius 3 is 2.57 bits per heavy atom. The molecule has 2 heterocycles. The average Bonchev–Trinajstić information content (AvgIpc) is 2.78. The molecule has 0 bridgehead atoms. The molecule has 1 atom stereocenters. The van der Waals surface area contributed by atoms with Crippen LogP contribution in [-0.4, -0.2) is 76.6 Å². The molecule has 1 aromatic carbocycles. The van der Waals surface area contributed by atoms with Gasteiger partial charge in [-0.3, -0.25) is 13.8 Å². The molecule has 0 aromatic heterocycles. The lowest BCUT2D eigenvalue weighted by Crippen LogP contribution is -2.39. The fraction of sp³-hybridized carbons (Fsp3) is 0.565. The molecule has 0 aliphatic carbocycles. The summed E-state index contributed by atoms with van der Waals surface area (Å²) in [7, 11) is -0.657. The maximum Gasteiger partial charge on any atom is 0.254 e. The number of nitrogens with one attached hydrogen (secondary N) is 1. The van der Waals surface area contributed by atoms with Crippen LogP contribution in [0.3, 0.4) is 0 Å². The summed E-state index contributed by atoms with van der Waals surface area (Å²) in [6.45, 7) is 10.6. The van der Waals surface area contributed by atoms with Crippen molar-refractivity contribution in [3.8, 4) is 0 Å². The summed E-state index contributed by atoms with van der Waals surface area (Å²) in [6.07, 6.45) is 4.99. The Labute approximate surface area is 183 Å². The Kier molecular flexibility index (Phi) is 10.2. The van der Waals surface area contributed by atoms with Gasteiger partial charge in [-0.1, -0.05) is 39.0 Å². The molecule has 2 aliphatic rings. The maximum atomic E-state index is 12.7. The topological polar surface area (TPSA) is 69.7 Å². The van der Waals surface area contributed by atoms with Crippen LogP contribution in [0.1, 0.15) is 47.9 Å². The summed E-state index contributed by atoms with van der Waals surface area (Å²) >= 11 is 0. The van der Waals surface area contributed by atoms with E-state index in [9.17, 15) is 13.8 Å². The number of nitrogens with zero attached hydrogens (tertiary/aromatic N) is 2. The van der Waals surface area contributed by atoms with Crippen LogP contribution in [0.2, 0.25) is 0 Å². The van der Waals surface area contributed by atoms with Crippen LogP contribution >= 0.6 is 0 Å². The molecule has 7 heteroatoms. The quantitative estimate of drug-likeness (QED) is 0.553. The fourth-order valence-electron chi connectivity index (χ4n) is 3.55. The van der Waals surface area contributed by atoms with Crippen molar-refractivity contribution in [3.05, 3.63) is 47.5 Å². The minimum atomic E-state index is -0.657. The van der Waals surface area contributed by atoms with E-state index in [-0.39, 0.29) is 11.8 Å². The third-order valence-electron chi connectivity index (χ3n) is 5.16. The van der Waals surface area contributed by atoms with E-state index in [1.807, 2.05) is 24.8 Å². The van der Waals surface area contributed by atoms with Gasteiger partial charge in [0, 0.05) is 66.2 Å². The molecule has 0 saturated carbocycles. The molecule has 30 heavy (non-hydrogen) atoms. The first kappa shape index (κ1) is 24.3. The number of benzene rings is 1. The summed E-state index contributed by atoms with van der Waals surface area (Å²) in [5.41, 5.74) is 1.07. The van der Waals surface area contributed by atoms with Gasteiger partial charge in [0.2, 0.25) is 0 Å². The van der Waals surface area contributed by atoms with E-state index in [0.29, 0.717) is 36.7 Å². The molecule has 0 spiro atoms. The lowest BCUT2D eigenvalue weighted by Gasteiger charge is -2.27. The van der Waals surface area contributed by atoms with Crippen LogP contribution < -0.4 is 5.32 Å². The van der Waals surface area contributed by atoms with Crippen LogP contribution in [-0.2, 0) is 10.8 Å². The zero-order valence-corrected chi connectivity index (χ0v) is 19.2. The molecule has 1 unspecified atom stereocenters. The van der Waals surface area contributed by atoms with Gasteiger partial charge in [0.25, 0.3) is 11.8 Å². The molecular formula is C23H35N3O3S. The van der Waals surface area contributed by atoms with Gasteiger partial charge in [-0.25, -0.2) is 0 Å². The molecule has 1 aromatic rings. The predicted molar refractivity (Wildman–Crippen MR) is 123 cm³/mol. The smallest absolute Gasteiger partial charge is 0.254 e. The second-order valence-corrected chi connectivity index (χ2v) is 9.19. The number of hydrogen-bond donors (Lipinski definition) is 1. The van der Waals surface area contributed by atoms with E-state index in [4.69, 9.17) is 0 Å². The molecular weight excluding hydrogens is 398 g/mol. The van der Waals surface area contributed by atoms with Crippen molar-refractivity contribution in [1.82, 2.24) is 15.1 Å². The Hall–Kier alpha value is -1.99. The third-order valence-corrected chi connectivity index (χ3v) is 6.44. The lowest BCUT2D eigenvalue weighted by molar-refractivity contribution is 0.0753. The Bertz CT molecular complexity index is 756. The molecule has 3 rings (SSSR count). The van der Waals surface area contributed by atoms with E-state index in [1.54, 1.807) is 24.3 Å². The van der Waals surface area contributed by atoms with Crippen LogP contribution in [0, 0.1) is 5.92 Å². The average molecular weight is 434 g/mol. The molecule has 1 saturated heterocycles. The van der Waals surface area contributed by atoms with Crippen molar-refractivity contribution in [1.29, 1.82) is 0 Å². The number of carbonyl (C=O) groups is 2. The van der Waals surface area contributed by atoms with Crippen molar-refractivity contribution in [2.75, 3.05) is 50.8 Å². The van der Waals surface area contributed by atoms with E-state index in [0.717, 1.165) is 37.6 Å². The summed E-state index contributed by atoms with van der Waals surface area (Å²) < 4.78 is 11.4. The van der Waals surface area contributed by atoms with Gasteiger partial charge in [-0.2, -0.15) is 0 Å². The first-order valence-corrected chi connectivity index (χ1v) is 12.4. The normalized spacial score (nSPS) is 19.7. The highest BCUT2D eigenvalue weighted by atomic mass is 32.2. The third kappa shape index (κ3) is 7.36. The Balaban J connectivity index is 0.00000155. The zero-order chi connectivity index (χ0) is 21.9. The first-order valence-electron chi connectivity index (χ1n) is 10.9. The highest BCUT2D eigenvalue weighted by Crippen LogP contribution is 2.14. The molecule has 1 N–H and O–H groups in total. The fourth-order valence-corrected chi connectivity index (χ4v) is 4.68. The number of rotatable bonds is 6. The Morgan fingerprint density at radius 1 is 1.17 bits per heavy atom. The van der Waals surface area contributed by atoms with Crippen LogP contribution in [0.5, 0.6) is 0 Å². The van der Waals surface area contributed by atoms with Crippen molar-refractivity contribution in [3.63, 3.8) is 0 Å². The first-order chi connectivity index (χ1) is 14.5. The van der Waals surface area contributed by atoms with E-state index in [1.165, 1.54) is 0 Å². The van der Waals surface area contributed by atoms with Crippen molar-refractivity contribution in [2.45, 2.75) is 27.2 Å². The lowest BCUT2D eigenvalue weighted by atomic mass is 10.0. The van der Waals surface area contributed by atoms with Crippen molar-refractivity contribution in [2.24, 2.45) is 5.92 Å². The number of amides is 2. The number of carbonyl (C=O) groups excluding carboxylic acids is 2. The SMILES string of the molecule is CC.CC1C=CCN(C(=O)c2cccc(C(=O)NCCCN3CCS(=O)CC3)c2)C1. The van der Waals surface area contributed by atoms with E-state index < -0.39 is 10.8 Å². The van der Waals surface area contributed by atoms with Gasteiger partial charge in [-0.15, -0.1) is 0 Å². The predicted octanol–water partition coefficient (Wildman–Crippen LogP) is 2.55. The molecule has 6 nitrogen and oxygen atoms in total. The van der Waals surface area contributed by atoms with Crippen LogP contribution in [0.4, 0.5) is 0 Å². The Morgan fingerprint density at radius 2 is 1.87 bits per heavy atom. The second-order valence-electron chi connectivity index (χ2n) is 7.50. The second kappa shape index (κ2) is 12.6. The van der Waals surface area contributed by atoms with Gasteiger partial charge in [0.05, 0.1) is 0 Å². The van der Waals surface area contributed by atoms with E-state index >= 15 is 0 Å². The summed E-state index contributed by atoms with van der Waals surface area (Å²) in [6, 6.07) is 6.95. The highest BCUT2D eigenvalue weighted by Gasteiger charge is 2.20. The minimum Gasteiger partial charge on any atom is -0.352 e. The number of hydrogen-bond acceptors (Lipinski definition) is 4.